The standard InChI is InChI=1S/C23H27N5O2/c1-26-12-6-9-18(26)22(29)28-13-10-23(11-14-28)15-19(27(2)16-23)20-24-21(30-25-20)17-7-4-3-5-8-17/h3-9,12,19H,10-11,13-16H2,1-2H3. The molecule has 1 amide bonds. The third-order valence-corrected chi connectivity index (χ3v) is 6.78. The molecule has 156 valence electrons. The van der Waals surface area contributed by atoms with E-state index in [0.717, 1.165) is 56.0 Å². The molecular formula is C23H27N5O2. The van der Waals surface area contributed by atoms with Crippen LogP contribution in [0.5, 0.6) is 0 Å². The second-order valence-corrected chi connectivity index (χ2v) is 8.76. The Morgan fingerprint density at radius 1 is 1.10 bits per heavy atom. The average molecular weight is 406 g/mol. The van der Waals surface area contributed by atoms with E-state index in [9.17, 15) is 4.79 Å². The van der Waals surface area contributed by atoms with E-state index < -0.39 is 0 Å². The Hall–Kier alpha value is -2.93. The molecule has 3 aromatic rings. The highest BCUT2D eigenvalue weighted by Gasteiger charge is 2.46. The molecule has 1 spiro atoms. The summed E-state index contributed by atoms with van der Waals surface area (Å²) in [6.07, 6.45) is 4.94. The number of carbonyl (C=O) groups excluding carboxylic acids is 1. The van der Waals surface area contributed by atoms with E-state index in [1.54, 1.807) is 0 Å². The molecule has 2 aromatic heterocycles. The average Bonchev–Trinajstić information content (AvgIpc) is 3.48. The highest BCUT2D eigenvalue weighted by molar-refractivity contribution is 5.92. The van der Waals surface area contributed by atoms with Gasteiger partial charge in [0.15, 0.2) is 5.82 Å². The number of aryl methyl sites for hydroxylation is 1. The predicted molar refractivity (Wildman–Crippen MR) is 113 cm³/mol. The van der Waals surface area contributed by atoms with Gasteiger partial charge in [-0.05, 0) is 56.0 Å². The number of benzene rings is 1. The van der Waals surface area contributed by atoms with Crippen molar-refractivity contribution in [3.05, 3.63) is 60.2 Å². The van der Waals surface area contributed by atoms with E-state index in [-0.39, 0.29) is 17.4 Å². The maximum atomic E-state index is 12.8. The van der Waals surface area contributed by atoms with Gasteiger partial charge >= 0.3 is 0 Å². The van der Waals surface area contributed by atoms with Crippen LogP contribution in [0.1, 0.15) is 41.6 Å². The Kier molecular flexibility index (Phi) is 4.70. The molecule has 7 heteroatoms. The van der Waals surface area contributed by atoms with Gasteiger partial charge in [0.1, 0.15) is 5.69 Å². The molecule has 0 N–H and O–H groups in total. The van der Waals surface area contributed by atoms with Gasteiger partial charge in [-0.2, -0.15) is 4.98 Å². The monoisotopic (exact) mass is 405 g/mol. The summed E-state index contributed by atoms with van der Waals surface area (Å²) >= 11 is 0. The van der Waals surface area contributed by atoms with Crippen LogP contribution in [0.15, 0.2) is 53.2 Å². The molecule has 0 bridgehead atoms. The number of rotatable bonds is 3. The quantitative estimate of drug-likeness (QED) is 0.668. The lowest BCUT2D eigenvalue weighted by molar-refractivity contribution is 0.0584. The SMILES string of the molecule is CN1CC2(CCN(C(=O)c3cccn3C)CC2)CC1c1noc(-c2ccccc2)n1. The smallest absolute Gasteiger partial charge is 0.270 e. The van der Waals surface area contributed by atoms with Crippen LogP contribution in [0.4, 0.5) is 0 Å². The molecule has 2 aliphatic rings. The third-order valence-electron chi connectivity index (χ3n) is 6.78. The van der Waals surface area contributed by atoms with Crippen LogP contribution in [0.25, 0.3) is 11.5 Å². The number of amides is 1. The van der Waals surface area contributed by atoms with Gasteiger partial charge in [0.05, 0.1) is 6.04 Å². The lowest BCUT2D eigenvalue weighted by Crippen LogP contribution is -2.44. The van der Waals surface area contributed by atoms with Crippen LogP contribution in [0.2, 0.25) is 0 Å². The number of carbonyl (C=O) groups is 1. The summed E-state index contributed by atoms with van der Waals surface area (Å²) in [5.41, 5.74) is 1.91. The molecule has 30 heavy (non-hydrogen) atoms. The van der Waals surface area contributed by atoms with Crippen LogP contribution >= 0.6 is 0 Å². The van der Waals surface area contributed by atoms with Crippen LogP contribution in [0, 0.1) is 5.41 Å². The molecule has 1 atom stereocenters. The normalized spacial score (nSPS) is 21.4. The Bertz CT molecular complexity index is 1030. The first-order valence-corrected chi connectivity index (χ1v) is 10.5. The first kappa shape index (κ1) is 19.1. The largest absolute Gasteiger partial charge is 0.347 e. The third kappa shape index (κ3) is 3.33. The van der Waals surface area contributed by atoms with Crippen molar-refractivity contribution in [2.45, 2.75) is 25.3 Å². The number of piperidine rings is 1. The van der Waals surface area contributed by atoms with Gasteiger partial charge in [-0.3, -0.25) is 9.69 Å². The van der Waals surface area contributed by atoms with Gasteiger partial charge in [-0.25, -0.2) is 0 Å². The summed E-state index contributed by atoms with van der Waals surface area (Å²) in [5, 5.41) is 4.29. The second-order valence-electron chi connectivity index (χ2n) is 8.76. The van der Waals surface area contributed by atoms with Crippen LogP contribution < -0.4 is 0 Å². The summed E-state index contributed by atoms with van der Waals surface area (Å²) < 4.78 is 7.44. The minimum atomic E-state index is 0.130. The topological polar surface area (TPSA) is 67.4 Å². The van der Waals surface area contributed by atoms with E-state index in [1.165, 1.54) is 0 Å². The van der Waals surface area contributed by atoms with Gasteiger partial charge in [0, 0.05) is 38.4 Å². The molecule has 7 nitrogen and oxygen atoms in total. The zero-order valence-electron chi connectivity index (χ0n) is 17.5. The Morgan fingerprint density at radius 2 is 1.87 bits per heavy atom. The molecule has 2 fully saturated rings. The number of hydrogen-bond acceptors (Lipinski definition) is 5. The number of hydrogen-bond donors (Lipinski definition) is 0. The van der Waals surface area contributed by atoms with Crippen molar-refractivity contribution < 1.29 is 9.32 Å². The summed E-state index contributed by atoms with van der Waals surface area (Å²) in [4.78, 5) is 21.9. The highest BCUT2D eigenvalue weighted by Crippen LogP contribution is 2.48. The lowest BCUT2D eigenvalue weighted by atomic mass is 9.76. The lowest BCUT2D eigenvalue weighted by Gasteiger charge is -2.39. The van der Waals surface area contributed by atoms with Crippen molar-refractivity contribution in [2.75, 3.05) is 26.7 Å². The Morgan fingerprint density at radius 3 is 2.57 bits per heavy atom. The van der Waals surface area contributed by atoms with Crippen molar-refractivity contribution >= 4 is 5.91 Å². The summed E-state index contributed by atoms with van der Waals surface area (Å²) in [6, 6.07) is 13.9. The van der Waals surface area contributed by atoms with E-state index in [0.29, 0.717) is 5.89 Å². The number of likely N-dealkylation sites (tertiary alicyclic amines) is 2. The van der Waals surface area contributed by atoms with Gasteiger partial charge in [0.25, 0.3) is 11.8 Å². The van der Waals surface area contributed by atoms with Crippen LogP contribution in [-0.4, -0.2) is 57.1 Å². The van der Waals surface area contributed by atoms with Gasteiger partial charge in [-0.15, -0.1) is 0 Å². The predicted octanol–water partition coefficient (Wildman–Crippen LogP) is 3.37. The van der Waals surface area contributed by atoms with Crippen molar-refractivity contribution in [1.82, 2.24) is 24.5 Å². The minimum Gasteiger partial charge on any atom is -0.347 e. The van der Waals surface area contributed by atoms with Crippen molar-refractivity contribution in [2.24, 2.45) is 12.5 Å². The zero-order valence-corrected chi connectivity index (χ0v) is 17.5. The maximum absolute atomic E-state index is 12.8. The van der Waals surface area contributed by atoms with Gasteiger partial charge < -0.3 is 14.0 Å². The van der Waals surface area contributed by atoms with Crippen LogP contribution in [0.3, 0.4) is 0 Å². The Balaban J connectivity index is 1.27. The van der Waals surface area contributed by atoms with Crippen molar-refractivity contribution in [3.63, 3.8) is 0 Å². The molecule has 0 aliphatic carbocycles. The van der Waals surface area contributed by atoms with Crippen molar-refractivity contribution in [3.8, 4) is 11.5 Å². The number of nitrogens with zero attached hydrogens (tertiary/aromatic N) is 5. The molecule has 2 aliphatic heterocycles. The highest BCUT2D eigenvalue weighted by atomic mass is 16.5. The van der Waals surface area contributed by atoms with E-state index in [1.807, 2.05) is 65.2 Å². The molecule has 4 heterocycles. The summed E-state index contributed by atoms with van der Waals surface area (Å²) in [7, 11) is 4.06. The van der Waals surface area contributed by atoms with E-state index in [4.69, 9.17) is 9.51 Å². The fourth-order valence-electron chi connectivity index (χ4n) is 5.02. The fraction of sp³-hybridized carbons (Fsp3) is 0.435. The van der Waals surface area contributed by atoms with E-state index in [2.05, 4.69) is 17.1 Å². The summed E-state index contributed by atoms with van der Waals surface area (Å²) in [6.45, 7) is 2.59. The molecule has 0 saturated carbocycles. The van der Waals surface area contributed by atoms with E-state index >= 15 is 0 Å². The second kappa shape index (κ2) is 7.40. The Labute approximate surface area is 176 Å². The fourth-order valence-corrected chi connectivity index (χ4v) is 5.02. The van der Waals surface area contributed by atoms with Crippen LogP contribution in [-0.2, 0) is 7.05 Å². The molecule has 1 aromatic carbocycles. The molecule has 5 rings (SSSR count). The molecule has 2 saturated heterocycles. The number of aromatic nitrogens is 3. The minimum absolute atomic E-state index is 0.130. The molecular weight excluding hydrogens is 378 g/mol. The first-order valence-electron chi connectivity index (χ1n) is 10.5. The zero-order chi connectivity index (χ0) is 20.7. The molecule has 1 unspecified atom stereocenters. The van der Waals surface area contributed by atoms with Gasteiger partial charge in [-0.1, -0.05) is 23.4 Å². The van der Waals surface area contributed by atoms with Crippen molar-refractivity contribution in [1.29, 1.82) is 0 Å². The maximum Gasteiger partial charge on any atom is 0.270 e. The first-order chi connectivity index (χ1) is 14.5. The summed E-state index contributed by atoms with van der Waals surface area (Å²) in [5.74, 6) is 1.46. The van der Waals surface area contributed by atoms with Gasteiger partial charge in [0.2, 0.25) is 0 Å². The molecule has 0 radical (unpaired) electrons.